The Kier molecular flexibility index (Phi) is 1.76. The van der Waals surface area contributed by atoms with Crippen molar-refractivity contribution in [1.82, 2.24) is 0 Å². The molecule has 0 amide bonds. The van der Waals surface area contributed by atoms with E-state index in [1.807, 2.05) is 0 Å². The molecule has 2 heteroatoms. The minimum absolute atomic E-state index is 0.571. The maximum Gasteiger partial charge on any atom is 0.0602 e. The highest BCUT2D eigenvalue weighted by molar-refractivity contribution is 5.72. The van der Waals surface area contributed by atoms with Gasteiger partial charge in [0.05, 0.1) is 11.4 Å². The van der Waals surface area contributed by atoms with Gasteiger partial charge in [-0.3, -0.25) is 0 Å². The lowest BCUT2D eigenvalue weighted by Gasteiger charge is -2.22. The Morgan fingerprint density at radius 1 is 1.33 bits per heavy atom. The van der Waals surface area contributed by atoms with E-state index in [0.29, 0.717) is 5.41 Å². The number of fused-ring (bicyclic) bond motifs is 1. The van der Waals surface area contributed by atoms with Crippen LogP contribution in [0.15, 0.2) is 18.2 Å². The molecule has 1 aromatic carbocycles. The van der Waals surface area contributed by atoms with E-state index in [4.69, 9.17) is 0 Å². The fourth-order valence-corrected chi connectivity index (χ4v) is 2.55. The van der Waals surface area contributed by atoms with Crippen molar-refractivity contribution in [2.24, 2.45) is 5.41 Å². The second kappa shape index (κ2) is 2.91. The van der Waals surface area contributed by atoms with Crippen molar-refractivity contribution in [3.63, 3.8) is 0 Å². The summed E-state index contributed by atoms with van der Waals surface area (Å²) in [6.45, 7) is 4.51. The highest BCUT2D eigenvalue weighted by Crippen LogP contribution is 2.49. The van der Waals surface area contributed by atoms with Gasteiger partial charge in [-0.1, -0.05) is 6.07 Å². The molecule has 2 nitrogen and oxygen atoms in total. The van der Waals surface area contributed by atoms with Crippen LogP contribution in [0.3, 0.4) is 0 Å². The molecule has 1 aliphatic carbocycles. The third-order valence-corrected chi connectivity index (χ3v) is 3.75. The molecule has 80 valence electrons. The zero-order valence-corrected chi connectivity index (χ0v) is 9.51. The Balaban J connectivity index is 2.00. The highest BCUT2D eigenvalue weighted by Gasteiger charge is 2.44. The molecule has 2 aliphatic rings. The molecular weight excluding hydrogens is 184 g/mol. The lowest BCUT2D eigenvalue weighted by Crippen LogP contribution is -2.27. The Morgan fingerprint density at radius 2 is 2.13 bits per heavy atom. The minimum atomic E-state index is 0.571. The van der Waals surface area contributed by atoms with E-state index in [1.54, 1.807) is 0 Å². The minimum Gasteiger partial charge on any atom is -0.383 e. The van der Waals surface area contributed by atoms with Crippen molar-refractivity contribution in [3.8, 4) is 0 Å². The van der Waals surface area contributed by atoms with Crippen LogP contribution in [0.1, 0.15) is 18.4 Å². The van der Waals surface area contributed by atoms with Crippen LogP contribution >= 0.6 is 0 Å². The normalized spacial score (nSPS) is 21.9. The van der Waals surface area contributed by atoms with E-state index in [-0.39, 0.29) is 0 Å². The first-order chi connectivity index (χ1) is 7.19. The number of nitrogens with one attached hydrogen (secondary N) is 1. The first-order valence-corrected chi connectivity index (χ1v) is 5.74. The number of benzene rings is 1. The maximum absolute atomic E-state index is 3.59. The van der Waals surface area contributed by atoms with Gasteiger partial charge in [-0.2, -0.15) is 0 Å². The average Bonchev–Trinajstić information content (AvgIpc) is 2.97. The number of hydrogen-bond acceptors (Lipinski definition) is 2. The molecule has 1 N–H and O–H groups in total. The molecule has 1 spiro atoms. The van der Waals surface area contributed by atoms with Gasteiger partial charge in [0, 0.05) is 25.6 Å². The first kappa shape index (κ1) is 9.08. The van der Waals surface area contributed by atoms with Crippen LogP contribution in [0.5, 0.6) is 0 Å². The number of rotatable bonds is 0. The fraction of sp³-hybridized carbons (Fsp3) is 0.538. The molecule has 15 heavy (non-hydrogen) atoms. The second-order valence-electron chi connectivity index (χ2n) is 5.23. The molecule has 0 unspecified atom stereocenters. The molecule has 1 saturated carbocycles. The summed E-state index contributed by atoms with van der Waals surface area (Å²) in [5, 5.41) is 3.59. The van der Waals surface area contributed by atoms with E-state index < -0.39 is 0 Å². The van der Waals surface area contributed by atoms with Crippen LogP contribution in [-0.2, 0) is 0 Å². The van der Waals surface area contributed by atoms with E-state index in [9.17, 15) is 0 Å². The predicted octanol–water partition coefficient (Wildman–Crippen LogP) is 2.64. The Morgan fingerprint density at radius 3 is 2.87 bits per heavy atom. The van der Waals surface area contributed by atoms with Gasteiger partial charge >= 0.3 is 0 Å². The Labute approximate surface area is 91.3 Å². The summed E-state index contributed by atoms with van der Waals surface area (Å²) >= 11 is 0. The van der Waals surface area contributed by atoms with Gasteiger partial charge in [-0.05, 0) is 37.5 Å². The van der Waals surface area contributed by atoms with E-state index in [2.05, 4.69) is 42.4 Å². The average molecular weight is 202 g/mol. The Hall–Kier alpha value is -1.18. The van der Waals surface area contributed by atoms with Crippen molar-refractivity contribution in [1.29, 1.82) is 0 Å². The fourth-order valence-electron chi connectivity index (χ4n) is 2.55. The number of anilines is 2. The summed E-state index contributed by atoms with van der Waals surface area (Å²) in [7, 11) is 2.21. The third kappa shape index (κ3) is 1.48. The van der Waals surface area contributed by atoms with Crippen molar-refractivity contribution >= 4 is 11.4 Å². The maximum atomic E-state index is 3.59. The Bertz CT molecular complexity index is 394. The summed E-state index contributed by atoms with van der Waals surface area (Å²) in [6, 6.07) is 6.68. The zero-order chi connectivity index (χ0) is 10.5. The third-order valence-electron chi connectivity index (χ3n) is 3.75. The molecule has 1 aromatic rings. The summed E-state index contributed by atoms with van der Waals surface area (Å²) < 4.78 is 0. The summed E-state index contributed by atoms with van der Waals surface area (Å²) in [5.41, 5.74) is 4.57. The number of hydrogen-bond donors (Lipinski definition) is 1. The molecule has 0 bridgehead atoms. The molecule has 1 aliphatic heterocycles. The van der Waals surface area contributed by atoms with E-state index >= 15 is 0 Å². The quantitative estimate of drug-likeness (QED) is 0.695. The van der Waals surface area contributed by atoms with Crippen LogP contribution < -0.4 is 10.2 Å². The van der Waals surface area contributed by atoms with Gasteiger partial charge in [0.2, 0.25) is 0 Å². The molecule has 1 fully saturated rings. The first-order valence-electron chi connectivity index (χ1n) is 5.74. The van der Waals surface area contributed by atoms with Crippen molar-refractivity contribution in [2.45, 2.75) is 19.8 Å². The largest absolute Gasteiger partial charge is 0.383 e. The molecule has 1 heterocycles. The van der Waals surface area contributed by atoms with Crippen molar-refractivity contribution in [3.05, 3.63) is 23.8 Å². The summed E-state index contributed by atoms with van der Waals surface area (Å²) in [6.07, 6.45) is 2.77. The van der Waals surface area contributed by atoms with Gasteiger partial charge in [0.25, 0.3) is 0 Å². The zero-order valence-electron chi connectivity index (χ0n) is 9.51. The van der Waals surface area contributed by atoms with Gasteiger partial charge in [-0.15, -0.1) is 0 Å². The number of nitrogens with zero attached hydrogens (tertiary/aromatic N) is 1. The summed E-state index contributed by atoms with van der Waals surface area (Å²) in [5.74, 6) is 0. The molecule has 0 saturated heterocycles. The van der Waals surface area contributed by atoms with Crippen LogP contribution in [0, 0.1) is 12.3 Å². The molecule has 3 rings (SSSR count). The smallest absolute Gasteiger partial charge is 0.0602 e. The monoisotopic (exact) mass is 202 g/mol. The molecular formula is C13H18N2. The van der Waals surface area contributed by atoms with Gasteiger partial charge in [0.1, 0.15) is 0 Å². The molecule has 0 aromatic heterocycles. The van der Waals surface area contributed by atoms with Crippen LogP contribution in [0.2, 0.25) is 0 Å². The highest BCUT2D eigenvalue weighted by atomic mass is 15.2. The van der Waals surface area contributed by atoms with Crippen LogP contribution in [0.4, 0.5) is 11.4 Å². The van der Waals surface area contributed by atoms with Gasteiger partial charge < -0.3 is 10.2 Å². The topological polar surface area (TPSA) is 15.3 Å². The van der Waals surface area contributed by atoms with E-state index in [1.165, 1.54) is 36.3 Å². The SMILES string of the molecule is Cc1ccc2c(c1)N(C)CC1(CC1)CN2. The van der Waals surface area contributed by atoms with Crippen LogP contribution in [-0.4, -0.2) is 20.1 Å². The lowest BCUT2D eigenvalue weighted by molar-refractivity contribution is 0.548. The second-order valence-corrected chi connectivity index (χ2v) is 5.23. The summed E-state index contributed by atoms with van der Waals surface area (Å²) in [4.78, 5) is 2.41. The van der Waals surface area contributed by atoms with Crippen molar-refractivity contribution in [2.75, 3.05) is 30.4 Å². The predicted molar refractivity (Wildman–Crippen MR) is 64.6 cm³/mol. The molecule has 0 atom stereocenters. The van der Waals surface area contributed by atoms with Gasteiger partial charge in [0.15, 0.2) is 0 Å². The van der Waals surface area contributed by atoms with Crippen molar-refractivity contribution < 1.29 is 0 Å². The van der Waals surface area contributed by atoms with Gasteiger partial charge in [-0.25, -0.2) is 0 Å². The number of aryl methyl sites for hydroxylation is 1. The lowest BCUT2D eigenvalue weighted by atomic mass is 10.1. The van der Waals surface area contributed by atoms with E-state index in [0.717, 1.165) is 6.54 Å². The molecule has 0 radical (unpaired) electrons. The standard InChI is InChI=1S/C13H18N2/c1-10-3-4-11-12(7-10)15(2)9-13(5-6-13)8-14-11/h3-4,7,14H,5-6,8-9H2,1-2H3. The van der Waals surface area contributed by atoms with Crippen LogP contribution in [0.25, 0.3) is 0 Å².